The van der Waals surface area contributed by atoms with Crippen LogP contribution in [0.15, 0.2) is 53.7 Å². The van der Waals surface area contributed by atoms with E-state index < -0.39 is 0 Å². The topological polar surface area (TPSA) is 61.7 Å². The summed E-state index contributed by atoms with van der Waals surface area (Å²) in [7, 11) is 0. The summed E-state index contributed by atoms with van der Waals surface area (Å²) in [6.45, 7) is 1.69. The third-order valence-corrected chi connectivity index (χ3v) is 3.20. The van der Waals surface area contributed by atoms with Gasteiger partial charge in [0, 0.05) is 16.3 Å². The number of nitrogens with one attached hydrogen (secondary N) is 1. The van der Waals surface area contributed by atoms with E-state index in [0.29, 0.717) is 16.4 Å². The van der Waals surface area contributed by atoms with Crippen molar-refractivity contribution >= 4 is 28.9 Å². The Hall–Kier alpha value is -2.33. The summed E-state index contributed by atoms with van der Waals surface area (Å²) in [6.07, 6.45) is 0.248. The van der Waals surface area contributed by atoms with Crippen LogP contribution in [0.25, 0.3) is 0 Å². The summed E-state index contributed by atoms with van der Waals surface area (Å²) in [6, 6.07) is 14.3. The summed E-state index contributed by atoms with van der Waals surface area (Å²) in [5.74, 6) is -0.131. The Morgan fingerprint density at radius 1 is 1.24 bits per heavy atom. The van der Waals surface area contributed by atoms with Crippen molar-refractivity contribution in [2.24, 2.45) is 5.16 Å². The van der Waals surface area contributed by atoms with E-state index in [4.69, 9.17) is 16.8 Å². The van der Waals surface area contributed by atoms with Gasteiger partial charge in [0.25, 0.3) is 0 Å². The first-order valence-electron chi connectivity index (χ1n) is 6.42. The van der Waals surface area contributed by atoms with E-state index in [0.717, 1.165) is 11.1 Å². The van der Waals surface area contributed by atoms with Crippen molar-refractivity contribution in [3.05, 3.63) is 64.7 Å². The zero-order valence-corrected chi connectivity index (χ0v) is 12.3. The number of oxime groups is 1. The predicted molar refractivity (Wildman–Crippen MR) is 84.2 cm³/mol. The standard InChI is InChI=1S/C16H15ClN2O2/c1-11(19-21)13-5-3-7-15(10-13)18-16(20)9-12-4-2-6-14(17)8-12/h2-8,10,21H,9H2,1H3,(H,18,20). The number of halogens is 1. The molecule has 0 unspecified atom stereocenters. The molecule has 0 atom stereocenters. The van der Waals surface area contributed by atoms with E-state index in [1.165, 1.54) is 0 Å². The minimum absolute atomic E-state index is 0.131. The fourth-order valence-corrected chi connectivity index (χ4v) is 2.13. The van der Waals surface area contributed by atoms with Gasteiger partial charge in [-0.25, -0.2) is 0 Å². The fraction of sp³-hybridized carbons (Fsp3) is 0.125. The van der Waals surface area contributed by atoms with Gasteiger partial charge in [0.1, 0.15) is 0 Å². The Morgan fingerprint density at radius 3 is 2.71 bits per heavy atom. The number of nitrogens with zero attached hydrogens (tertiary/aromatic N) is 1. The highest BCUT2D eigenvalue weighted by Gasteiger charge is 2.06. The van der Waals surface area contributed by atoms with Crippen molar-refractivity contribution in [1.29, 1.82) is 0 Å². The van der Waals surface area contributed by atoms with E-state index in [1.54, 1.807) is 37.3 Å². The lowest BCUT2D eigenvalue weighted by Crippen LogP contribution is -2.14. The van der Waals surface area contributed by atoms with Crippen LogP contribution in [0.5, 0.6) is 0 Å². The molecule has 2 rings (SSSR count). The van der Waals surface area contributed by atoms with Crippen molar-refractivity contribution in [2.45, 2.75) is 13.3 Å². The molecule has 0 heterocycles. The summed E-state index contributed by atoms with van der Waals surface area (Å²) in [4.78, 5) is 12.0. The summed E-state index contributed by atoms with van der Waals surface area (Å²) >= 11 is 5.89. The second-order valence-electron chi connectivity index (χ2n) is 4.62. The zero-order chi connectivity index (χ0) is 15.2. The molecule has 0 spiro atoms. The van der Waals surface area contributed by atoms with Gasteiger partial charge in [-0.05, 0) is 36.8 Å². The van der Waals surface area contributed by atoms with Crippen LogP contribution < -0.4 is 5.32 Å². The van der Waals surface area contributed by atoms with E-state index in [2.05, 4.69) is 10.5 Å². The molecule has 2 aromatic rings. The monoisotopic (exact) mass is 302 g/mol. The molecule has 1 amide bonds. The maximum Gasteiger partial charge on any atom is 0.228 e. The predicted octanol–water partition coefficient (Wildman–Crippen LogP) is 3.72. The highest BCUT2D eigenvalue weighted by atomic mass is 35.5. The lowest BCUT2D eigenvalue weighted by molar-refractivity contribution is -0.115. The van der Waals surface area contributed by atoms with E-state index >= 15 is 0 Å². The van der Waals surface area contributed by atoms with Crippen molar-refractivity contribution in [2.75, 3.05) is 5.32 Å². The number of carbonyl (C=O) groups excluding carboxylic acids is 1. The molecule has 0 saturated carbocycles. The van der Waals surface area contributed by atoms with Gasteiger partial charge in [0.2, 0.25) is 5.91 Å². The smallest absolute Gasteiger partial charge is 0.228 e. The molecule has 0 aliphatic carbocycles. The average molecular weight is 303 g/mol. The largest absolute Gasteiger partial charge is 0.411 e. The number of amides is 1. The molecule has 108 valence electrons. The van der Waals surface area contributed by atoms with E-state index in [-0.39, 0.29) is 12.3 Å². The van der Waals surface area contributed by atoms with Crippen LogP contribution >= 0.6 is 11.6 Å². The van der Waals surface area contributed by atoms with Gasteiger partial charge in [-0.15, -0.1) is 0 Å². The van der Waals surface area contributed by atoms with Gasteiger partial charge in [-0.2, -0.15) is 0 Å². The molecule has 21 heavy (non-hydrogen) atoms. The second kappa shape index (κ2) is 6.90. The lowest BCUT2D eigenvalue weighted by atomic mass is 10.1. The maximum atomic E-state index is 12.0. The fourth-order valence-electron chi connectivity index (χ4n) is 1.92. The number of anilines is 1. The zero-order valence-electron chi connectivity index (χ0n) is 11.5. The van der Waals surface area contributed by atoms with Crippen molar-refractivity contribution < 1.29 is 10.0 Å². The van der Waals surface area contributed by atoms with Crippen molar-refractivity contribution in [3.8, 4) is 0 Å². The summed E-state index contributed by atoms with van der Waals surface area (Å²) < 4.78 is 0. The average Bonchev–Trinajstić information content (AvgIpc) is 2.46. The summed E-state index contributed by atoms with van der Waals surface area (Å²) in [5, 5.41) is 15.3. The first-order valence-corrected chi connectivity index (χ1v) is 6.79. The minimum atomic E-state index is -0.131. The SMILES string of the molecule is CC(=NO)c1cccc(NC(=O)Cc2cccc(Cl)c2)c1. The van der Waals surface area contributed by atoms with Gasteiger partial charge in [0.15, 0.2) is 0 Å². The van der Waals surface area contributed by atoms with Crippen LogP contribution in [0.4, 0.5) is 5.69 Å². The van der Waals surface area contributed by atoms with Gasteiger partial charge in [0.05, 0.1) is 12.1 Å². The van der Waals surface area contributed by atoms with E-state index in [9.17, 15) is 4.79 Å². The van der Waals surface area contributed by atoms with Crippen molar-refractivity contribution in [1.82, 2.24) is 0 Å². The van der Waals surface area contributed by atoms with Gasteiger partial charge in [-0.1, -0.05) is 41.0 Å². The number of benzene rings is 2. The van der Waals surface area contributed by atoms with Gasteiger partial charge in [-0.3, -0.25) is 4.79 Å². The Morgan fingerprint density at radius 2 is 2.00 bits per heavy atom. The van der Waals surface area contributed by atoms with Gasteiger partial charge >= 0.3 is 0 Å². The highest BCUT2D eigenvalue weighted by molar-refractivity contribution is 6.30. The number of rotatable bonds is 4. The maximum absolute atomic E-state index is 12.0. The quantitative estimate of drug-likeness (QED) is 0.513. The molecule has 2 N–H and O–H groups in total. The number of hydrogen-bond acceptors (Lipinski definition) is 3. The molecule has 0 aliphatic rings. The molecular formula is C16H15ClN2O2. The third kappa shape index (κ3) is 4.33. The van der Waals surface area contributed by atoms with Crippen LogP contribution in [0.3, 0.4) is 0 Å². The molecule has 5 heteroatoms. The normalized spacial score (nSPS) is 11.2. The van der Waals surface area contributed by atoms with Crippen LogP contribution in [-0.2, 0) is 11.2 Å². The molecule has 0 aromatic heterocycles. The molecule has 2 aromatic carbocycles. The lowest BCUT2D eigenvalue weighted by Gasteiger charge is -2.07. The molecule has 0 aliphatic heterocycles. The minimum Gasteiger partial charge on any atom is -0.411 e. The molecule has 0 bridgehead atoms. The Labute approximate surface area is 128 Å². The molecular weight excluding hydrogens is 288 g/mol. The van der Waals surface area contributed by atoms with E-state index in [1.807, 2.05) is 18.2 Å². The Bertz CT molecular complexity index is 683. The van der Waals surface area contributed by atoms with Crippen LogP contribution in [0, 0.1) is 0 Å². The summed E-state index contributed by atoms with van der Waals surface area (Å²) in [5.41, 5.74) is 2.74. The second-order valence-corrected chi connectivity index (χ2v) is 5.06. The van der Waals surface area contributed by atoms with Crippen LogP contribution in [0.2, 0.25) is 5.02 Å². The number of hydrogen-bond donors (Lipinski definition) is 2. The third-order valence-electron chi connectivity index (χ3n) is 2.97. The molecule has 0 radical (unpaired) electrons. The molecule has 0 saturated heterocycles. The van der Waals surface area contributed by atoms with Crippen molar-refractivity contribution in [3.63, 3.8) is 0 Å². The first-order chi connectivity index (χ1) is 10.1. The first kappa shape index (κ1) is 15.1. The Kier molecular flexibility index (Phi) is 4.95. The highest BCUT2D eigenvalue weighted by Crippen LogP contribution is 2.14. The van der Waals surface area contributed by atoms with Crippen LogP contribution in [-0.4, -0.2) is 16.8 Å². The molecule has 4 nitrogen and oxygen atoms in total. The van der Waals surface area contributed by atoms with Crippen LogP contribution in [0.1, 0.15) is 18.1 Å². The van der Waals surface area contributed by atoms with Gasteiger partial charge < -0.3 is 10.5 Å². The molecule has 0 fully saturated rings. The number of carbonyl (C=O) groups is 1. The Balaban J connectivity index is 2.06.